The molecule has 0 radical (unpaired) electrons. The number of ether oxygens (including phenoxy) is 1. The minimum absolute atomic E-state index is 0.461. The molecule has 1 unspecified atom stereocenters. The summed E-state index contributed by atoms with van der Waals surface area (Å²) in [6.07, 6.45) is -4.58. The van der Waals surface area contributed by atoms with Crippen LogP contribution in [0.3, 0.4) is 0 Å². The monoisotopic (exact) mass is 199 g/mol. The molecule has 0 saturated heterocycles. The van der Waals surface area contributed by atoms with Crippen molar-refractivity contribution < 1.29 is 32.6 Å². The van der Waals surface area contributed by atoms with Crippen LogP contribution < -0.4 is 0 Å². The van der Waals surface area contributed by atoms with Crippen molar-refractivity contribution in [1.29, 1.82) is 0 Å². The van der Waals surface area contributed by atoms with Crippen molar-refractivity contribution in [3.05, 3.63) is 0 Å². The van der Waals surface area contributed by atoms with E-state index in [1.807, 2.05) is 0 Å². The maximum atomic E-state index is 11.7. The average molecular weight is 199 g/mol. The highest BCUT2D eigenvalue weighted by Gasteiger charge is 2.51. The number of oxime groups is 1. The van der Waals surface area contributed by atoms with Gasteiger partial charge in [0.05, 0.1) is 6.21 Å². The van der Waals surface area contributed by atoms with Crippen LogP contribution in [0.25, 0.3) is 0 Å². The highest BCUT2D eigenvalue weighted by atomic mass is 19.4. The number of hydrogen-bond donors (Lipinski definition) is 1. The van der Waals surface area contributed by atoms with Gasteiger partial charge in [-0.1, -0.05) is 5.16 Å². The van der Waals surface area contributed by atoms with Crippen LogP contribution in [0.2, 0.25) is 0 Å². The Labute approximate surface area is 69.7 Å². The van der Waals surface area contributed by atoms with Crippen molar-refractivity contribution in [2.24, 2.45) is 5.16 Å². The van der Waals surface area contributed by atoms with Gasteiger partial charge in [-0.2, -0.15) is 0 Å². The van der Waals surface area contributed by atoms with Crippen LogP contribution in [0.5, 0.6) is 0 Å². The second kappa shape index (κ2) is 2.87. The van der Waals surface area contributed by atoms with E-state index >= 15 is 0 Å². The summed E-state index contributed by atoms with van der Waals surface area (Å²) in [7, 11) is 0. The van der Waals surface area contributed by atoms with Crippen LogP contribution >= 0.6 is 0 Å². The predicted molar refractivity (Wildman–Crippen MR) is 32.0 cm³/mol. The van der Waals surface area contributed by atoms with Crippen LogP contribution in [0.15, 0.2) is 5.16 Å². The molecular formula is C5H4F3NO4. The van der Waals surface area contributed by atoms with Crippen molar-refractivity contribution in [1.82, 2.24) is 0 Å². The molecule has 0 aromatic heterocycles. The van der Waals surface area contributed by atoms with Crippen LogP contribution in [-0.4, -0.2) is 35.9 Å². The molecule has 0 bridgehead atoms. The lowest BCUT2D eigenvalue weighted by atomic mass is 10.1. The lowest BCUT2D eigenvalue weighted by Gasteiger charge is -2.20. The third-order valence-electron chi connectivity index (χ3n) is 1.27. The lowest BCUT2D eigenvalue weighted by Crippen LogP contribution is -2.48. The number of carboxylic acids is 1. The second-order valence-corrected chi connectivity index (χ2v) is 2.25. The predicted octanol–water partition coefficient (Wildman–Crippen LogP) is 0.362. The van der Waals surface area contributed by atoms with Gasteiger partial charge >= 0.3 is 12.3 Å². The smallest absolute Gasteiger partial charge is 0.479 e. The standard InChI is InChI=1S/C5H4F3NO4/c6-5(7,8)13-4(3(10)11)1-9-12-2-4/h1H,2H2,(H,10,11). The minimum atomic E-state index is -5.04. The number of nitrogens with zero attached hydrogens (tertiary/aromatic N) is 1. The summed E-state index contributed by atoms with van der Waals surface area (Å²) < 4.78 is 38.5. The maximum Gasteiger partial charge on any atom is 0.524 e. The van der Waals surface area contributed by atoms with E-state index < -0.39 is 24.5 Å². The Morgan fingerprint density at radius 3 is 2.62 bits per heavy atom. The van der Waals surface area contributed by atoms with Gasteiger partial charge in [-0.05, 0) is 0 Å². The highest BCUT2D eigenvalue weighted by Crippen LogP contribution is 2.27. The number of carboxylic acid groups (broad SMARTS) is 1. The molecule has 0 saturated carbocycles. The fraction of sp³-hybridized carbons (Fsp3) is 0.600. The van der Waals surface area contributed by atoms with Crippen molar-refractivity contribution in [2.45, 2.75) is 12.0 Å². The van der Waals surface area contributed by atoms with E-state index in [0.29, 0.717) is 6.21 Å². The van der Waals surface area contributed by atoms with Crippen LogP contribution in [-0.2, 0) is 14.4 Å². The van der Waals surface area contributed by atoms with E-state index in [0.717, 1.165) is 0 Å². The molecule has 1 atom stereocenters. The Kier molecular flexibility index (Phi) is 2.16. The van der Waals surface area contributed by atoms with E-state index in [4.69, 9.17) is 5.11 Å². The van der Waals surface area contributed by atoms with Gasteiger partial charge < -0.3 is 9.94 Å². The molecule has 1 N–H and O–H groups in total. The third kappa shape index (κ3) is 2.08. The number of carbonyl (C=O) groups is 1. The van der Waals surface area contributed by atoms with E-state index in [1.165, 1.54) is 0 Å². The first-order valence-corrected chi connectivity index (χ1v) is 3.02. The van der Waals surface area contributed by atoms with Crippen molar-refractivity contribution in [3.8, 4) is 0 Å². The van der Waals surface area contributed by atoms with E-state index in [1.54, 1.807) is 0 Å². The van der Waals surface area contributed by atoms with Crippen molar-refractivity contribution in [2.75, 3.05) is 6.61 Å². The fourth-order valence-electron chi connectivity index (χ4n) is 0.716. The van der Waals surface area contributed by atoms with Gasteiger partial charge in [-0.15, -0.1) is 13.2 Å². The van der Waals surface area contributed by atoms with E-state index in [9.17, 15) is 18.0 Å². The van der Waals surface area contributed by atoms with Gasteiger partial charge in [-0.25, -0.2) is 4.79 Å². The van der Waals surface area contributed by atoms with Gasteiger partial charge in [-0.3, -0.25) is 4.74 Å². The van der Waals surface area contributed by atoms with E-state index in [-0.39, 0.29) is 0 Å². The number of rotatable bonds is 2. The molecule has 74 valence electrons. The number of halogens is 3. The molecular weight excluding hydrogens is 195 g/mol. The topological polar surface area (TPSA) is 68.1 Å². The molecule has 5 nitrogen and oxygen atoms in total. The quantitative estimate of drug-likeness (QED) is 0.697. The highest BCUT2D eigenvalue weighted by molar-refractivity contribution is 5.98. The molecule has 0 amide bonds. The first-order chi connectivity index (χ1) is 5.86. The normalized spacial score (nSPS) is 27.3. The van der Waals surface area contributed by atoms with Gasteiger partial charge in [0.1, 0.15) is 0 Å². The van der Waals surface area contributed by atoms with Gasteiger partial charge in [0.2, 0.25) is 5.60 Å². The van der Waals surface area contributed by atoms with Gasteiger partial charge in [0.15, 0.2) is 6.61 Å². The summed E-state index contributed by atoms with van der Waals surface area (Å²) >= 11 is 0. The Morgan fingerprint density at radius 2 is 2.31 bits per heavy atom. The van der Waals surface area contributed by atoms with Crippen molar-refractivity contribution >= 4 is 12.2 Å². The Hall–Kier alpha value is -1.31. The molecule has 8 heteroatoms. The Morgan fingerprint density at radius 1 is 1.69 bits per heavy atom. The number of hydrogen-bond acceptors (Lipinski definition) is 4. The molecule has 0 aliphatic carbocycles. The van der Waals surface area contributed by atoms with Gasteiger partial charge in [0, 0.05) is 0 Å². The molecule has 1 aliphatic rings. The summed E-state index contributed by atoms with van der Waals surface area (Å²) in [5.41, 5.74) is -2.54. The molecule has 0 aromatic carbocycles. The van der Waals surface area contributed by atoms with Crippen LogP contribution in [0.4, 0.5) is 13.2 Å². The largest absolute Gasteiger partial charge is 0.524 e. The number of alkyl halides is 3. The molecule has 0 aromatic rings. The molecule has 1 heterocycles. The minimum Gasteiger partial charge on any atom is -0.479 e. The molecule has 0 fully saturated rings. The summed E-state index contributed by atoms with van der Waals surface area (Å²) in [5.74, 6) is -1.80. The second-order valence-electron chi connectivity index (χ2n) is 2.25. The molecule has 1 aliphatic heterocycles. The SMILES string of the molecule is O=C(O)C1(OC(F)(F)F)C=NOC1. The van der Waals surface area contributed by atoms with Crippen LogP contribution in [0, 0.1) is 0 Å². The summed E-state index contributed by atoms with van der Waals surface area (Å²) in [5, 5.41) is 11.3. The number of aliphatic carboxylic acids is 1. The summed E-state index contributed by atoms with van der Waals surface area (Å²) in [6.45, 7) is -0.790. The molecule has 1 rings (SSSR count). The van der Waals surface area contributed by atoms with E-state index in [2.05, 4.69) is 14.7 Å². The zero-order chi connectivity index (χ0) is 10.1. The lowest BCUT2D eigenvalue weighted by molar-refractivity contribution is -0.351. The van der Waals surface area contributed by atoms with Crippen LogP contribution in [0.1, 0.15) is 0 Å². The molecule has 0 spiro atoms. The zero-order valence-corrected chi connectivity index (χ0v) is 6.04. The molecule has 13 heavy (non-hydrogen) atoms. The fourth-order valence-corrected chi connectivity index (χ4v) is 0.716. The average Bonchev–Trinajstić information content (AvgIpc) is 2.33. The Bertz CT molecular complexity index is 251. The summed E-state index contributed by atoms with van der Waals surface area (Å²) in [6, 6.07) is 0. The maximum absolute atomic E-state index is 11.7. The first-order valence-electron chi connectivity index (χ1n) is 3.02. The summed E-state index contributed by atoms with van der Waals surface area (Å²) in [4.78, 5) is 14.5. The first kappa shape index (κ1) is 9.78. The Balaban J connectivity index is 2.81. The van der Waals surface area contributed by atoms with Crippen molar-refractivity contribution in [3.63, 3.8) is 0 Å². The van der Waals surface area contributed by atoms with Gasteiger partial charge in [0.25, 0.3) is 0 Å². The third-order valence-corrected chi connectivity index (χ3v) is 1.27. The zero-order valence-electron chi connectivity index (χ0n) is 6.04.